The molecule has 0 aromatic heterocycles. The van der Waals surface area contributed by atoms with E-state index in [1.54, 1.807) is 0 Å². The normalized spacial score (nSPS) is 12.0. The molecule has 0 saturated heterocycles. The number of nitrogens with one attached hydrogen (secondary N) is 1. The zero-order valence-electron chi connectivity index (χ0n) is 9.50. The fourth-order valence-corrected chi connectivity index (χ4v) is 1.39. The van der Waals surface area contributed by atoms with Crippen LogP contribution in [0.2, 0.25) is 0 Å². The first-order chi connectivity index (χ1) is 7.06. The first-order valence-corrected chi connectivity index (χ1v) is 5.83. The van der Waals surface area contributed by atoms with Crippen LogP contribution in [0.15, 0.2) is 0 Å². The van der Waals surface area contributed by atoms with Gasteiger partial charge in [-0.1, -0.05) is 39.0 Å². The highest BCUT2D eigenvalue weighted by molar-refractivity contribution is 4.55. The van der Waals surface area contributed by atoms with Gasteiger partial charge < -0.3 is 5.32 Å². The van der Waals surface area contributed by atoms with E-state index in [-0.39, 0.29) is 6.54 Å². The molecular formula is C11H22F3N. The van der Waals surface area contributed by atoms with Gasteiger partial charge in [0.05, 0.1) is 6.42 Å². The molecule has 4 heteroatoms. The zero-order chi connectivity index (χ0) is 11.6. The molecule has 0 aromatic carbocycles. The number of hydrogen-bond donors (Lipinski definition) is 1. The lowest BCUT2D eigenvalue weighted by molar-refractivity contribution is -0.133. The van der Waals surface area contributed by atoms with Gasteiger partial charge in [-0.3, -0.25) is 0 Å². The van der Waals surface area contributed by atoms with Crippen molar-refractivity contribution in [1.82, 2.24) is 5.32 Å². The van der Waals surface area contributed by atoms with Crippen LogP contribution in [-0.2, 0) is 0 Å². The molecule has 0 aliphatic carbocycles. The highest BCUT2D eigenvalue weighted by Gasteiger charge is 2.25. The summed E-state index contributed by atoms with van der Waals surface area (Å²) < 4.78 is 35.2. The molecule has 0 amide bonds. The Morgan fingerprint density at radius 3 is 2.07 bits per heavy atom. The molecule has 0 aliphatic rings. The lowest BCUT2D eigenvalue weighted by atomic mass is 10.1. The Kier molecular flexibility index (Phi) is 8.86. The molecule has 0 saturated carbocycles. The molecule has 0 unspecified atom stereocenters. The van der Waals surface area contributed by atoms with Crippen molar-refractivity contribution in [3.63, 3.8) is 0 Å². The highest BCUT2D eigenvalue weighted by Crippen LogP contribution is 2.18. The maximum Gasteiger partial charge on any atom is 0.390 e. The summed E-state index contributed by atoms with van der Waals surface area (Å²) in [5.74, 6) is 0. The average molecular weight is 225 g/mol. The largest absolute Gasteiger partial charge is 0.390 e. The minimum Gasteiger partial charge on any atom is -0.316 e. The van der Waals surface area contributed by atoms with Crippen LogP contribution >= 0.6 is 0 Å². The Morgan fingerprint density at radius 1 is 0.867 bits per heavy atom. The van der Waals surface area contributed by atoms with Crippen molar-refractivity contribution in [2.75, 3.05) is 13.1 Å². The fourth-order valence-electron chi connectivity index (χ4n) is 1.39. The van der Waals surface area contributed by atoms with Gasteiger partial charge in [-0.2, -0.15) is 13.2 Å². The van der Waals surface area contributed by atoms with Crippen molar-refractivity contribution in [1.29, 1.82) is 0 Å². The molecule has 0 aliphatic heterocycles. The molecule has 1 N–H and O–H groups in total. The second-order valence-electron chi connectivity index (χ2n) is 3.88. The summed E-state index contributed by atoms with van der Waals surface area (Å²) >= 11 is 0. The molecule has 92 valence electrons. The Morgan fingerprint density at radius 2 is 1.47 bits per heavy atom. The van der Waals surface area contributed by atoms with Crippen LogP contribution in [0.4, 0.5) is 13.2 Å². The van der Waals surface area contributed by atoms with Crippen LogP contribution in [0.1, 0.15) is 51.9 Å². The summed E-state index contributed by atoms with van der Waals surface area (Å²) in [6, 6.07) is 0. The second kappa shape index (κ2) is 9.01. The number of halogens is 3. The zero-order valence-corrected chi connectivity index (χ0v) is 9.50. The lowest BCUT2D eigenvalue weighted by Gasteiger charge is -2.07. The first kappa shape index (κ1) is 14.8. The third kappa shape index (κ3) is 13.8. The third-order valence-electron chi connectivity index (χ3n) is 2.29. The average Bonchev–Trinajstić information content (AvgIpc) is 2.14. The minimum absolute atomic E-state index is 0.0540. The molecule has 0 aromatic rings. The van der Waals surface area contributed by atoms with E-state index < -0.39 is 12.6 Å². The predicted molar refractivity (Wildman–Crippen MR) is 56.9 cm³/mol. The van der Waals surface area contributed by atoms with Gasteiger partial charge in [-0.05, 0) is 13.0 Å². The Labute approximate surface area is 90.4 Å². The molecule has 0 radical (unpaired) electrons. The van der Waals surface area contributed by atoms with Crippen molar-refractivity contribution in [3.05, 3.63) is 0 Å². The maximum atomic E-state index is 11.7. The van der Waals surface area contributed by atoms with Gasteiger partial charge in [0.15, 0.2) is 0 Å². The van der Waals surface area contributed by atoms with E-state index in [1.165, 1.54) is 25.7 Å². The van der Waals surface area contributed by atoms with E-state index in [4.69, 9.17) is 0 Å². The Bertz CT molecular complexity index is 134. The summed E-state index contributed by atoms with van der Waals surface area (Å²) in [5.41, 5.74) is 0. The standard InChI is InChI=1S/C11H22F3N/c1-2-3-4-5-6-7-9-15-10-8-11(12,13)14/h15H,2-10H2,1H3. The SMILES string of the molecule is CCCCCCCCNCCC(F)(F)F. The topological polar surface area (TPSA) is 12.0 Å². The van der Waals surface area contributed by atoms with Crippen molar-refractivity contribution in [2.24, 2.45) is 0 Å². The summed E-state index contributed by atoms with van der Waals surface area (Å²) in [7, 11) is 0. The van der Waals surface area contributed by atoms with Crippen LogP contribution in [0.25, 0.3) is 0 Å². The first-order valence-electron chi connectivity index (χ1n) is 5.83. The smallest absolute Gasteiger partial charge is 0.316 e. The number of unbranched alkanes of at least 4 members (excludes halogenated alkanes) is 5. The van der Waals surface area contributed by atoms with Gasteiger partial charge in [0.2, 0.25) is 0 Å². The minimum atomic E-state index is -4.02. The van der Waals surface area contributed by atoms with E-state index in [1.807, 2.05) is 0 Å². The van der Waals surface area contributed by atoms with E-state index >= 15 is 0 Å². The molecular weight excluding hydrogens is 203 g/mol. The fraction of sp³-hybridized carbons (Fsp3) is 1.00. The molecule has 0 atom stereocenters. The molecule has 0 spiro atoms. The molecule has 0 bridgehead atoms. The summed E-state index contributed by atoms with van der Waals surface area (Å²) in [6.45, 7) is 2.93. The third-order valence-corrected chi connectivity index (χ3v) is 2.29. The Balaban J connectivity index is 2.99. The summed E-state index contributed by atoms with van der Waals surface area (Å²) in [5, 5.41) is 2.81. The van der Waals surface area contributed by atoms with Crippen LogP contribution in [0, 0.1) is 0 Å². The second-order valence-corrected chi connectivity index (χ2v) is 3.88. The summed E-state index contributed by atoms with van der Waals surface area (Å²) in [6.07, 6.45) is 2.32. The van der Waals surface area contributed by atoms with Crippen molar-refractivity contribution in [2.45, 2.75) is 58.0 Å². The van der Waals surface area contributed by atoms with Gasteiger partial charge in [-0.15, -0.1) is 0 Å². The molecule has 0 rings (SSSR count). The van der Waals surface area contributed by atoms with Crippen LogP contribution in [0.3, 0.4) is 0 Å². The van der Waals surface area contributed by atoms with Crippen LogP contribution < -0.4 is 5.32 Å². The van der Waals surface area contributed by atoms with Crippen molar-refractivity contribution in [3.8, 4) is 0 Å². The maximum absolute atomic E-state index is 11.7. The molecule has 0 heterocycles. The number of rotatable bonds is 9. The molecule has 0 fully saturated rings. The van der Waals surface area contributed by atoms with Crippen molar-refractivity contribution < 1.29 is 13.2 Å². The molecule has 15 heavy (non-hydrogen) atoms. The number of hydrogen-bond acceptors (Lipinski definition) is 1. The highest BCUT2D eigenvalue weighted by atomic mass is 19.4. The molecule has 1 nitrogen and oxygen atoms in total. The quantitative estimate of drug-likeness (QED) is 0.587. The van der Waals surface area contributed by atoms with E-state index in [0.717, 1.165) is 12.8 Å². The number of alkyl halides is 3. The monoisotopic (exact) mass is 225 g/mol. The van der Waals surface area contributed by atoms with Gasteiger partial charge >= 0.3 is 6.18 Å². The van der Waals surface area contributed by atoms with Crippen LogP contribution in [0.5, 0.6) is 0 Å². The summed E-state index contributed by atoms with van der Waals surface area (Å²) in [4.78, 5) is 0. The predicted octanol–water partition coefficient (Wildman–Crippen LogP) is 3.89. The van der Waals surface area contributed by atoms with E-state index in [0.29, 0.717) is 6.54 Å². The van der Waals surface area contributed by atoms with Crippen molar-refractivity contribution >= 4 is 0 Å². The van der Waals surface area contributed by atoms with Gasteiger partial charge in [0.1, 0.15) is 0 Å². The van der Waals surface area contributed by atoms with E-state index in [2.05, 4.69) is 12.2 Å². The van der Waals surface area contributed by atoms with Crippen LogP contribution in [-0.4, -0.2) is 19.3 Å². The van der Waals surface area contributed by atoms with Gasteiger partial charge in [-0.25, -0.2) is 0 Å². The van der Waals surface area contributed by atoms with Gasteiger partial charge in [0, 0.05) is 6.54 Å². The van der Waals surface area contributed by atoms with Gasteiger partial charge in [0.25, 0.3) is 0 Å². The van der Waals surface area contributed by atoms with E-state index in [9.17, 15) is 13.2 Å². The lowest BCUT2D eigenvalue weighted by Crippen LogP contribution is -2.22. The Hall–Kier alpha value is -0.250.